The predicted molar refractivity (Wildman–Crippen MR) is 49.5 cm³/mol. The van der Waals surface area contributed by atoms with Gasteiger partial charge in [0.05, 0.1) is 0 Å². The number of imide groups is 1. The molecule has 3 atom stereocenters. The van der Waals surface area contributed by atoms with E-state index in [0.29, 0.717) is 12.3 Å². The molecule has 1 spiro atoms. The van der Waals surface area contributed by atoms with Crippen LogP contribution < -0.4 is 5.32 Å². The van der Waals surface area contributed by atoms with Crippen LogP contribution in [0.5, 0.6) is 0 Å². The third kappa shape index (κ3) is 1.21. The average Bonchev–Trinajstić information content (AvgIpc) is 2.37. The van der Waals surface area contributed by atoms with E-state index in [2.05, 4.69) is 12.2 Å². The van der Waals surface area contributed by atoms with Gasteiger partial charge in [-0.2, -0.15) is 0 Å². The number of rotatable bonds is 0. The molecule has 3 unspecified atom stereocenters. The summed E-state index contributed by atoms with van der Waals surface area (Å²) in [4.78, 5) is 22.6. The van der Waals surface area contributed by atoms with Crippen molar-refractivity contribution in [3.63, 3.8) is 0 Å². The van der Waals surface area contributed by atoms with Crippen molar-refractivity contribution in [3.8, 4) is 0 Å². The fraction of sp³-hybridized carbons (Fsp3) is 0.800. The molecule has 4 heteroatoms. The van der Waals surface area contributed by atoms with E-state index in [4.69, 9.17) is 4.74 Å². The Balaban J connectivity index is 2.23. The second kappa shape index (κ2) is 2.97. The lowest BCUT2D eigenvalue weighted by Crippen LogP contribution is -2.48. The molecule has 78 valence electrons. The van der Waals surface area contributed by atoms with Crippen LogP contribution in [0, 0.1) is 11.8 Å². The molecule has 1 aliphatic carbocycles. The minimum atomic E-state index is -0.858. The van der Waals surface area contributed by atoms with Gasteiger partial charge in [0.2, 0.25) is 0 Å². The van der Waals surface area contributed by atoms with E-state index in [1.165, 1.54) is 0 Å². The Bertz CT molecular complexity index is 289. The van der Waals surface area contributed by atoms with Gasteiger partial charge < -0.3 is 4.74 Å². The van der Waals surface area contributed by atoms with Crippen LogP contribution >= 0.6 is 0 Å². The van der Waals surface area contributed by atoms with Crippen LogP contribution in [0.4, 0.5) is 4.79 Å². The maximum atomic E-state index is 11.6. The molecule has 0 aromatic heterocycles. The number of ether oxygens (including phenoxy) is 1. The van der Waals surface area contributed by atoms with Crippen LogP contribution in [0.15, 0.2) is 0 Å². The monoisotopic (exact) mass is 197 g/mol. The third-order valence-electron chi connectivity index (χ3n) is 3.44. The van der Waals surface area contributed by atoms with Gasteiger partial charge in [-0.1, -0.05) is 13.8 Å². The molecule has 0 bridgehead atoms. The maximum Gasteiger partial charge on any atom is 0.415 e. The highest BCUT2D eigenvalue weighted by molar-refractivity contribution is 6.03. The molecule has 1 heterocycles. The first-order valence-corrected chi connectivity index (χ1v) is 5.09. The Kier molecular flexibility index (Phi) is 2.01. The molecule has 0 aromatic rings. The molecule has 4 nitrogen and oxygen atoms in total. The molecule has 2 amide bonds. The average molecular weight is 197 g/mol. The SMILES string of the molecule is CC1CCC2(OC(=O)NC2=O)C(C)C1. The van der Waals surface area contributed by atoms with E-state index < -0.39 is 11.7 Å². The number of hydrogen-bond donors (Lipinski definition) is 1. The van der Waals surface area contributed by atoms with Gasteiger partial charge in [0.25, 0.3) is 5.91 Å². The predicted octanol–water partition coefficient (Wildman–Crippen LogP) is 1.45. The Morgan fingerprint density at radius 3 is 2.64 bits per heavy atom. The fourth-order valence-electron chi connectivity index (χ4n) is 2.54. The van der Waals surface area contributed by atoms with Gasteiger partial charge in [0, 0.05) is 5.92 Å². The van der Waals surface area contributed by atoms with Crippen molar-refractivity contribution in [3.05, 3.63) is 0 Å². The topological polar surface area (TPSA) is 55.4 Å². The summed E-state index contributed by atoms with van der Waals surface area (Å²) in [7, 11) is 0. The van der Waals surface area contributed by atoms with Crippen LogP contribution in [0.1, 0.15) is 33.1 Å². The lowest BCUT2D eigenvalue weighted by Gasteiger charge is -2.37. The van der Waals surface area contributed by atoms with Crippen molar-refractivity contribution in [2.45, 2.75) is 38.7 Å². The van der Waals surface area contributed by atoms with Gasteiger partial charge >= 0.3 is 6.09 Å². The van der Waals surface area contributed by atoms with Crippen molar-refractivity contribution in [1.82, 2.24) is 5.32 Å². The zero-order valence-electron chi connectivity index (χ0n) is 8.50. The zero-order valence-corrected chi connectivity index (χ0v) is 8.50. The van der Waals surface area contributed by atoms with E-state index in [9.17, 15) is 9.59 Å². The van der Waals surface area contributed by atoms with Crippen molar-refractivity contribution >= 4 is 12.0 Å². The Labute approximate surface area is 83.0 Å². The number of carbonyl (C=O) groups excluding carboxylic acids is 2. The van der Waals surface area contributed by atoms with Crippen molar-refractivity contribution in [2.24, 2.45) is 11.8 Å². The van der Waals surface area contributed by atoms with Crippen LogP contribution in [0.3, 0.4) is 0 Å². The lowest BCUT2D eigenvalue weighted by atomic mass is 9.72. The second-order valence-electron chi connectivity index (χ2n) is 4.51. The summed E-state index contributed by atoms with van der Waals surface area (Å²) in [5.41, 5.74) is -0.858. The molecule has 2 aliphatic rings. The summed E-state index contributed by atoms with van der Waals surface area (Å²) >= 11 is 0. The van der Waals surface area contributed by atoms with E-state index in [0.717, 1.165) is 12.8 Å². The highest BCUT2D eigenvalue weighted by Gasteiger charge is 2.54. The summed E-state index contributed by atoms with van der Waals surface area (Å²) in [5, 5.41) is 2.22. The van der Waals surface area contributed by atoms with Crippen molar-refractivity contribution in [1.29, 1.82) is 0 Å². The third-order valence-corrected chi connectivity index (χ3v) is 3.44. The molecule has 14 heavy (non-hydrogen) atoms. The normalized spacial score (nSPS) is 42.4. The van der Waals surface area contributed by atoms with Crippen LogP contribution in [0.2, 0.25) is 0 Å². The largest absolute Gasteiger partial charge is 0.432 e. The van der Waals surface area contributed by atoms with E-state index in [1.807, 2.05) is 6.92 Å². The summed E-state index contributed by atoms with van der Waals surface area (Å²) in [5.74, 6) is 0.488. The van der Waals surface area contributed by atoms with Crippen molar-refractivity contribution in [2.75, 3.05) is 0 Å². The number of alkyl carbamates (subject to hydrolysis) is 1. The minimum Gasteiger partial charge on any atom is -0.432 e. The molecule has 0 aromatic carbocycles. The molecule has 2 fully saturated rings. The van der Waals surface area contributed by atoms with E-state index in [1.54, 1.807) is 0 Å². The summed E-state index contributed by atoms with van der Waals surface area (Å²) in [6, 6.07) is 0. The Hall–Kier alpha value is -1.06. The highest BCUT2D eigenvalue weighted by Crippen LogP contribution is 2.41. The van der Waals surface area contributed by atoms with Gasteiger partial charge in [-0.15, -0.1) is 0 Å². The number of hydrogen-bond acceptors (Lipinski definition) is 3. The first-order chi connectivity index (χ1) is 6.54. The lowest BCUT2D eigenvalue weighted by molar-refractivity contribution is -0.139. The van der Waals surface area contributed by atoms with Gasteiger partial charge in [-0.3, -0.25) is 10.1 Å². The number of amides is 2. The molecule has 2 rings (SSSR count). The maximum absolute atomic E-state index is 11.6. The van der Waals surface area contributed by atoms with Crippen molar-refractivity contribution < 1.29 is 14.3 Å². The molecule has 0 radical (unpaired) electrons. The standard InChI is InChI=1S/C10H15NO3/c1-6-3-4-10(7(2)5-6)8(12)11-9(13)14-10/h6-7H,3-5H2,1-2H3,(H,11,12,13). The van der Waals surface area contributed by atoms with Gasteiger partial charge in [0.15, 0.2) is 5.60 Å². The number of carbonyl (C=O) groups is 2. The Morgan fingerprint density at radius 1 is 1.43 bits per heavy atom. The summed E-state index contributed by atoms with van der Waals surface area (Å²) in [6.45, 7) is 4.14. The van der Waals surface area contributed by atoms with E-state index >= 15 is 0 Å². The van der Waals surface area contributed by atoms with Crippen LogP contribution in [0.25, 0.3) is 0 Å². The summed E-state index contributed by atoms with van der Waals surface area (Å²) in [6.07, 6.45) is 1.97. The molecule has 1 saturated carbocycles. The zero-order chi connectivity index (χ0) is 10.3. The van der Waals surface area contributed by atoms with E-state index in [-0.39, 0.29) is 11.8 Å². The van der Waals surface area contributed by atoms with Crippen LogP contribution in [-0.4, -0.2) is 17.6 Å². The fourth-order valence-corrected chi connectivity index (χ4v) is 2.54. The molecule has 1 saturated heterocycles. The quantitative estimate of drug-likeness (QED) is 0.639. The highest BCUT2D eigenvalue weighted by atomic mass is 16.6. The van der Waals surface area contributed by atoms with Gasteiger partial charge in [-0.25, -0.2) is 4.79 Å². The molecular weight excluding hydrogens is 182 g/mol. The summed E-state index contributed by atoms with van der Waals surface area (Å²) < 4.78 is 5.16. The number of nitrogens with one attached hydrogen (secondary N) is 1. The van der Waals surface area contributed by atoms with Gasteiger partial charge in [-0.05, 0) is 25.2 Å². The first-order valence-electron chi connectivity index (χ1n) is 5.09. The minimum absolute atomic E-state index is 0.123. The first kappa shape index (κ1) is 9.49. The molecule has 1 aliphatic heterocycles. The van der Waals surface area contributed by atoms with Crippen LogP contribution in [-0.2, 0) is 9.53 Å². The van der Waals surface area contributed by atoms with Gasteiger partial charge in [0.1, 0.15) is 0 Å². The Morgan fingerprint density at radius 2 is 2.14 bits per heavy atom. The second-order valence-corrected chi connectivity index (χ2v) is 4.51. The smallest absolute Gasteiger partial charge is 0.415 e. The molecular formula is C10H15NO3. The molecule has 1 N–H and O–H groups in total.